The van der Waals surface area contributed by atoms with Gasteiger partial charge in [-0.3, -0.25) is 4.79 Å². The van der Waals surface area contributed by atoms with Crippen LogP contribution in [-0.4, -0.2) is 28.3 Å². The van der Waals surface area contributed by atoms with Gasteiger partial charge in [0.15, 0.2) is 0 Å². The van der Waals surface area contributed by atoms with Gasteiger partial charge in [-0.2, -0.15) is 0 Å². The Balaban J connectivity index is 2.83. The molecule has 1 rings (SSSR count). The molecule has 0 saturated heterocycles. The summed E-state index contributed by atoms with van der Waals surface area (Å²) in [5.41, 5.74) is 1.84. The van der Waals surface area contributed by atoms with Gasteiger partial charge in [0, 0.05) is 12.1 Å². The molecule has 100 valence electrons. The number of aryl methyl sites for hydroxylation is 1. The van der Waals surface area contributed by atoms with E-state index in [2.05, 4.69) is 5.32 Å². The standard InChI is InChI=1S/C14H21NO3/c1-9(2)15-12(8-13(16)17)14(18)11-6-4-10(3)5-7-11/h4-7,9,12,14-15,18H,8H2,1-3H3,(H,16,17). The van der Waals surface area contributed by atoms with E-state index in [9.17, 15) is 9.90 Å². The molecular weight excluding hydrogens is 230 g/mol. The summed E-state index contributed by atoms with van der Waals surface area (Å²) in [5.74, 6) is -0.917. The highest BCUT2D eigenvalue weighted by atomic mass is 16.4. The average Bonchev–Trinajstić information content (AvgIpc) is 2.27. The highest BCUT2D eigenvalue weighted by molar-refractivity contribution is 5.67. The third kappa shape index (κ3) is 4.47. The van der Waals surface area contributed by atoms with Crippen LogP contribution in [0.2, 0.25) is 0 Å². The summed E-state index contributed by atoms with van der Waals surface area (Å²) in [6, 6.07) is 7.12. The van der Waals surface area contributed by atoms with E-state index in [1.807, 2.05) is 45.0 Å². The maximum Gasteiger partial charge on any atom is 0.305 e. The van der Waals surface area contributed by atoms with Gasteiger partial charge in [-0.1, -0.05) is 43.7 Å². The van der Waals surface area contributed by atoms with E-state index in [0.717, 1.165) is 11.1 Å². The van der Waals surface area contributed by atoms with Crippen molar-refractivity contribution >= 4 is 5.97 Å². The van der Waals surface area contributed by atoms with Gasteiger partial charge in [-0.15, -0.1) is 0 Å². The van der Waals surface area contributed by atoms with Crippen molar-refractivity contribution in [1.82, 2.24) is 5.32 Å². The summed E-state index contributed by atoms with van der Waals surface area (Å²) in [6.45, 7) is 5.82. The zero-order valence-electron chi connectivity index (χ0n) is 11.1. The maximum absolute atomic E-state index is 10.8. The molecule has 1 aromatic carbocycles. The molecule has 0 aromatic heterocycles. The predicted octanol–water partition coefficient (Wildman–Crippen LogP) is 1.87. The Morgan fingerprint density at radius 3 is 2.28 bits per heavy atom. The molecule has 4 nitrogen and oxygen atoms in total. The minimum atomic E-state index is -0.917. The van der Waals surface area contributed by atoms with Crippen LogP contribution in [0.5, 0.6) is 0 Å². The number of carboxylic acids is 1. The van der Waals surface area contributed by atoms with Crippen molar-refractivity contribution < 1.29 is 15.0 Å². The summed E-state index contributed by atoms with van der Waals surface area (Å²) < 4.78 is 0. The number of carboxylic acid groups (broad SMARTS) is 1. The van der Waals surface area contributed by atoms with Crippen molar-refractivity contribution in [1.29, 1.82) is 0 Å². The second-order valence-electron chi connectivity index (χ2n) is 4.88. The van der Waals surface area contributed by atoms with Crippen LogP contribution in [0.1, 0.15) is 37.5 Å². The molecule has 1 aromatic rings. The zero-order valence-corrected chi connectivity index (χ0v) is 11.1. The molecule has 0 radical (unpaired) electrons. The topological polar surface area (TPSA) is 69.6 Å². The van der Waals surface area contributed by atoms with Crippen molar-refractivity contribution in [2.45, 2.75) is 45.4 Å². The van der Waals surface area contributed by atoms with Crippen molar-refractivity contribution in [3.05, 3.63) is 35.4 Å². The first-order valence-electron chi connectivity index (χ1n) is 6.12. The van der Waals surface area contributed by atoms with Crippen LogP contribution >= 0.6 is 0 Å². The molecule has 3 N–H and O–H groups in total. The first kappa shape index (κ1) is 14.7. The van der Waals surface area contributed by atoms with Crippen LogP contribution < -0.4 is 5.32 Å². The zero-order chi connectivity index (χ0) is 13.7. The van der Waals surface area contributed by atoms with Gasteiger partial charge in [0.25, 0.3) is 0 Å². The molecule has 0 amide bonds. The van der Waals surface area contributed by atoms with Crippen LogP contribution in [0.3, 0.4) is 0 Å². The number of benzene rings is 1. The molecule has 0 aliphatic heterocycles. The molecule has 4 heteroatoms. The molecule has 2 atom stereocenters. The monoisotopic (exact) mass is 251 g/mol. The third-order valence-corrected chi connectivity index (χ3v) is 2.74. The van der Waals surface area contributed by atoms with Crippen molar-refractivity contribution in [2.24, 2.45) is 0 Å². The highest BCUT2D eigenvalue weighted by Crippen LogP contribution is 2.20. The Kier molecular flexibility index (Phi) is 5.31. The Morgan fingerprint density at radius 1 is 1.28 bits per heavy atom. The minimum absolute atomic E-state index is 0.104. The molecule has 0 spiro atoms. The van der Waals surface area contributed by atoms with Gasteiger partial charge in [0.1, 0.15) is 0 Å². The lowest BCUT2D eigenvalue weighted by atomic mass is 9.98. The number of rotatable bonds is 6. The molecule has 0 saturated carbocycles. The van der Waals surface area contributed by atoms with Crippen molar-refractivity contribution in [3.63, 3.8) is 0 Å². The number of hydrogen-bond donors (Lipinski definition) is 3. The molecule has 0 aliphatic carbocycles. The maximum atomic E-state index is 10.8. The van der Waals surface area contributed by atoms with Gasteiger partial charge >= 0.3 is 5.97 Å². The molecule has 2 unspecified atom stereocenters. The lowest BCUT2D eigenvalue weighted by Crippen LogP contribution is -2.40. The Hall–Kier alpha value is -1.39. The Bertz CT molecular complexity index is 387. The van der Waals surface area contributed by atoms with Crippen LogP contribution in [0.4, 0.5) is 0 Å². The molecule has 0 heterocycles. The molecule has 0 aliphatic rings. The summed E-state index contributed by atoms with van der Waals surface area (Å²) in [6.07, 6.45) is -0.920. The van der Waals surface area contributed by atoms with Gasteiger partial charge < -0.3 is 15.5 Å². The van der Waals surface area contributed by atoms with Crippen LogP contribution in [0.25, 0.3) is 0 Å². The number of aliphatic hydroxyl groups is 1. The molecule has 0 bridgehead atoms. The fourth-order valence-electron chi connectivity index (χ4n) is 1.87. The minimum Gasteiger partial charge on any atom is -0.481 e. The predicted molar refractivity (Wildman–Crippen MR) is 70.5 cm³/mol. The van der Waals surface area contributed by atoms with E-state index in [-0.39, 0.29) is 12.5 Å². The molecular formula is C14H21NO3. The normalized spacial score (nSPS) is 14.5. The second kappa shape index (κ2) is 6.52. The first-order chi connectivity index (χ1) is 8.40. The largest absolute Gasteiger partial charge is 0.481 e. The summed E-state index contributed by atoms with van der Waals surface area (Å²) in [5, 5.41) is 22.2. The van der Waals surface area contributed by atoms with Gasteiger partial charge in [-0.05, 0) is 12.5 Å². The quantitative estimate of drug-likeness (QED) is 0.722. The Labute approximate surface area is 108 Å². The van der Waals surface area contributed by atoms with E-state index in [1.54, 1.807) is 0 Å². The average molecular weight is 251 g/mol. The number of aliphatic hydroxyl groups excluding tert-OH is 1. The van der Waals surface area contributed by atoms with Crippen LogP contribution in [0.15, 0.2) is 24.3 Å². The number of nitrogens with one attached hydrogen (secondary N) is 1. The van der Waals surface area contributed by atoms with Crippen LogP contribution in [0, 0.1) is 6.92 Å². The number of carbonyl (C=O) groups is 1. The summed E-state index contributed by atoms with van der Waals surface area (Å²) in [4.78, 5) is 10.8. The molecule has 18 heavy (non-hydrogen) atoms. The summed E-state index contributed by atoms with van der Waals surface area (Å²) >= 11 is 0. The third-order valence-electron chi connectivity index (χ3n) is 2.74. The van der Waals surface area contributed by atoms with E-state index in [0.29, 0.717) is 0 Å². The SMILES string of the molecule is Cc1ccc(C(O)C(CC(=O)O)NC(C)C)cc1. The van der Waals surface area contributed by atoms with Gasteiger partial charge in [0.05, 0.1) is 12.5 Å². The fourth-order valence-corrected chi connectivity index (χ4v) is 1.87. The smallest absolute Gasteiger partial charge is 0.305 e. The van der Waals surface area contributed by atoms with Gasteiger partial charge in [-0.25, -0.2) is 0 Å². The van der Waals surface area contributed by atoms with E-state index >= 15 is 0 Å². The highest BCUT2D eigenvalue weighted by Gasteiger charge is 2.23. The number of aliphatic carboxylic acids is 1. The first-order valence-corrected chi connectivity index (χ1v) is 6.12. The van der Waals surface area contributed by atoms with Crippen molar-refractivity contribution in [2.75, 3.05) is 0 Å². The lowest BCUT2D eigenvalue weighted by molar-refractivity contribution is -0.138. The summed E-state index contributed by atoms with van der Waals surface area (Å²) in [7, 11) is 0. The van der Waals surface area contributed by atoms with E-state index in [4.69, 9.17) is 5.11 Å². The van der Waals surface area contributed by atoms with Crippen molar-refractivity contribution in [3.8, 4) is 0 Å². The Morgan fingerprint density at radius 2 is 1.83 bits per heavy atom. The lowest BCUT2D eigenvalue weighted by Gasteiger charge is -2.25. The fraction of sp³-hybridized carbons (Fsp3) is 0.500. The van der Waals surface area contributed by atoms with E-state index < -0.39 is 18.1 Å². The van der Waals surface area contributed by atoms with E-state index in [1.165, 1.54) is 0 Å². The number of hydrogen-bond acceptors (Lipinski definition) is 3. The molecule has 0 fully saturated rings. The van der Waals surface area contributed by atoms with Crippen LogP contribution in [-0.2, 0) is 4.79 Å². The second-order valence-corrected chi connectivity index (χ2v) is 4.88. The van der Waals surface area contributed by atoms with Gasteiger partial charge in [0.2, 0.25) is 0 Å².